The summed E-state index contributed by atoms with van der Waals surface area (Å²) in [5.74, 6) is 1.86. The normalized spacial score (nSPS) is 17.9. The molecule has 28 heavy (non-hydrogen) atoms. The maximum atomic E-state index is 6.61. The number of aryl methyl sites for hydroxylation is 1. The fourth-order valence-corrected chi connectivity index (χ4v) is 4.26. The molecule has 0 amide bonds. The molecule has 2 fully saturated rings. The Morgan fingerprint density at radius 1 is 1.14 bits per heavy atom. The minimum absolute atomic E-state index is 0.427. The summed E-state index contributed by atoms with van der Waals surface area (Å²) in [4.78, 5) is 0. The summed E-state index contributed by atoms with van der Waals surface area (Å²) >= 11 is 6.61. The van der Waals surface area contributed by atoms with Crippen LogP contribution in [0.25, 0.3) is 16.8 Å². The summed E-state index contributed by atoms with van der Waals surface area (Å²) < 4.78 is 7.57. The monoisotopic (exact) mass is 396 g/mol. The second-order valence-corrected chi connectivity index (χ2v) is 8.44. The summed E-state index contributed by atoms with van der Waals surface area (Å²) in [7, 11) is 0. The van der Waals surface area contributed by atoms with Crippen molar-refractivity contribution in [2.75, 3.05) is 18.5 Å². The zero-order valence-electron chi connectivity index (χ0n) is 16.1. The van der Waals surface area contributed by atoms with Crippen molar-refractivity contribution in [3.05, 3.63) is 46.9 Å². The highest BCUT2D eigenvalue weighted by molar-refractivity contribution is 6.33. The minimum atomic E-state index is 0.427. The van der Waals surface area contributed by atoms with Gasteiger partial charge in [-0.15, -0.1) is 10.2 Å². The fourth-order valence-electron chi connectivity index (χ4n) is 4.02. The van der Waals surface area contributed by atoms with Gasteiger partial charge in [-0.1, -0.05) is 17.7 Å². The largest absolute Gasteiger partial charge is 0.381 e. The molecule has 1 saturated carbocycles. The van der Waals surface area contributed by atoms with Crippen molar-refractivity contribution < 1.29 is 4.74 Å². The third-order valence-electron chi connectivity index (χ3n) is 5.93. The van der Waals surface area contributed by atoms with Gasteiger partial charge in [-0.2, -0.15) is 0 Å². The molecule has 3 heterocycles. The number of anilines is 1. The zero-order chi connectivity index (χ0) is 19.1. The van der Waals surface area contributed by atoms with Gasteiger partial charge in [0, 0.05) is 37.4 Å². The highest BCUT2D eigenvalue weighted by Gasteiger charge is 2.24. The first-order valence-electron chi connectivity index (χ1n) is 10.2. The average molecular weight is 397 g/mol. The molecule has 6 heteroatoms. The van der Waals surface area contributed by atoms with Crippen LogP contribution in [0.5, 0.6) is 0 Å². The van der Waals surface area contributed by atoms with Crippen LogP contribution in [-0.4, -0.2) is 33.9 Å². The van der Waals surface area contributed by atoms with Crippen LogP contribution < -0.4 is 5.32 Å². The molecule has 0 radical (unpaired) electrons. The van der Waals surface area contributed by atoms with Crippen LogP contribution in [-0.2, 0) is 11.2 Å². The first-order valence-corrected chi connectivity index (χ1v) is 10.5. The van der Waals surface area contributed by atoms with Gasteiger partial charge in [-0.25, -0.2) is 0 Å². The minimum Gasteiger partial charge on any atom is -0.381 e. The topological polar surface area (TPSA) is 51.5 Å². The van der Waals surface area contributed by atoms with Crippen LogP contribution in [0.4, 0.5) is 5.69 Å². The maximum Gasteiger partial charge on any atom is 0.164 e. The summed E-state index contributed by atoms with van der Waals surface area (Å²) in [6, 6.07) is 8.84. The molecule has 1 aliphatic heterocycles. The van der Waals surface area contributed by atoms with E-state index in [4.69, 9.17) is 16.3 Å². The van der Waals surface area contributed by atoms with Gasteiger partial charge in [0.1, 0.15) is 5.82 Å². The predicted octanol–water partition coefficient (Wildman–Crippen LogP) is 4.90. The van der Waals surface area contributed by atoms with Gasteiger partial charge in [-0.05, 0) is 67.9 Å². The number of halogens is 1. The summed E-state index contributed by atoms with van der Waals surface area (Å²) in [5.41, 5.74) is 5.32. The van der Waals surface area contributed by atoms with Crippen molar-refractivity contribution in [3.63, 3.8) is 0 Å². The SMILES string of the molecule is Cc1c(-c2ccc(NC3CCOCC3)c(Cl)c2)ccn2c(CC3CC3)nnc12. The number of rotatable bonds is 5. The highest BCUT2D eigenvalue weighted by Crippen LogP contribution is 2.34. The standard InChI is InChI=1S/C22H25ClN4O/c1-14-18(6-9-27-21(12-15-2-3-15)25-26-22(14)27)16-4-5-20(19(23)13-16)24-17-7-10-28-11-8-17/h4-6,9,13,15,17,24H,2-3,7-8,10-12H2,1H3. The third-order valence-corrected chi connectivity index (χ3v) is 6.24. The van der Waals surface area contributed by atoms with E-state index in [0.717, 1.165) is 77.3 Å². The predicted molar refractivity (Wildman–Crippen MR) is 112 cm³/mol. The second kappa shape index (κ2) is 7.37. The molecule has 1 aromatic carbocycles. The van der Waals surface area contributed by atoms with Crippen LogP contribution in [0.15, 0.2) is 30.5 Å². The van der Waals surface area contributed by atoms with E-state index in [9.17, 15) is 0 Å². The first-order chi connectivity index (χ1) is 13.7. The first kappa shape index (κ1) is 18.0. The second-order valence-electron chi connectivity index (χ2n) is 8.04. The van der Waals surface area contributed by atoms with Crippen molar-refractivity contribution in [1.29, 1.82) is 0 Å². The molecule has 1 aliphatic carbocycles. The third kappa shape index (κ3) is 3.49. The number of pyridine rings is 1. The fraction of sp³-hybridized carbons (Fsp3) is 0.455. The molecule has 2 aromatic heterocycles. The number of benzene rings is 1. The Kier molecular flexibility index (Phi) is 4.73. The lowest BCUT2D eigenvalue weighted by atomic mass is 10.0. The van der Waals surface area contributed by atoms with Gasteiger partial charge < -0.3 is 10.1 Å². The number of fused-ring (bicyclic) bond motifs is 1. The van der Waals surface area contributed by atoms with Crippen LogP contribution in [0, 0.1) is 12.8 Å². The highest BCUT2D eigenvalue weighted by atomic mass is 35.5. The number of nitrogens with zero attached hydrogens (tertiary/aromatic N) is 3. The van der Waals surface area contributed by atoms with Crippen molar-refractivity contribution >= 4 is 22.9 Å². The molecule has 5 nitrogen and oxygen atoms in total. The summed E-state index contributed by atoms with van der Waals surface area (Å²) in [5, 5.41) is 13.2. The molecule has 1 saturated heterocycles. The molecule has 146 valence electrons. The Morgan fingerprint density at radius 3 is 2.71 bits per heavy atom. The molecule has 0 bridgehead atoms. The smallest absolute Gasteiger partial charge is 0.164 e. The van der Waals surface area contributed by atoms with E-state index in [1.807, 2.05) is 6.07 Å². The number of hydrogen-bond acceptors (Lipinski definition) is 4. The Bertz CT molecular complexity index is 1010. The van der Waals surface area contributed by atoms with E-state index in [1.165, 1.54) is 12.8 Å². The summed E-state index contributed by atoms with van der Waals surface area (Å²) in [6.45, 7) is 3.74. The molecule has 5 rings (SSSR count). The van der Waals surface area contributed by atoms with E-state index in [0.29, 0.717) is 6.04 Å². The molecule has 0 unspecified atom stereocenters. The Hall–Kier alpha value is -2.11. The van der Waals surface area contributed by atoms with E-state index in [2.05, 4.69) is 51.2 Å². The van der Waals surface area contributed by atoms with E-state index < -0.39 is 0 Å². The van der Waals surface area contributed by atoms with Crippen LogP contribution in [0.2, 0.25) is 5.02 Å². The van der Waals surface area contributed by atoms with Gasteiger partial charge in [0.2, 0.25) is 0 Å². The van der Waals surface area contributed by atoms with Crippen LogP contribution >= 0.6 is 11.6 Å². The van der Waals surface area contributed by atoms with Gasteiger partial charge >= 0.3 is 0 Å². The van der Waals surface area contributed by atoms with Gasteiger partial charge in [-0.3, -0.25) is 4.40 Å². The lowest BCUT2D eigenvalue weighted by molar-refractivity contribution is 0.0904. The number of ether oxygens (including phenoxy) is 1. The number of nitrogens with one attached hydrogen (secondary N) is 1. The van der Waals surface area contributed by atoms with Gasteiger partial charge in [0.05, 0.1) is 10.7 Å². The molecular formula is C22H25ClN4O. The van der Waals surface area contributed by atoms with Crippen LogP contribution in [0.3, 0.4) is 0 Å². The van der Waals surface area contributed by atoms with Gasteiger partial charge in [0.15, 0.2) is 5.65 Å². The number of aromatic nitrogens is 3. The molecular weight excluding hydrogens is 372 g/mol. The maximum absolute atomic E-state index is 6.61. The van der Waals surface area contributed by atoms with Crippen LogP contribution in [0.1, 0.15) is 37.1 Å². The molecule has 2 aliphatic rings. The van der Waals surface area contributed by atoms with Gasteiger partial charge in [0.25, 0.3) is 0 Å². The lowest BCUT2D eigenvalue weighted by Gasteiger charge is -2.24. The van der Waals surface area contributed by atoms with Crippen molar-refractivity contribution in [1.82, 2.24) is 14.6 Å². The lowest BCUT2D eigenvalue weighted by Crippen LogP contribution is -2.27. The van der Waals surface area contributed by atoms with E-state index in [-0.39, 0.29) is 0 Å². The Balaban J connectivity index is 1.42. The average Bonchev–Trinajstić information content (AvgIpc) is 3.43. The Labute approximate surface area is 170 Å². The van der Waals surface area contributed by atoms with Crippen molar-refractivity contribution in [2.45, 2.75) is 45.1 Å². The molecule has 3 aromatic rings. The van der Waals surface area contributed by atoms with E-state index in [1.54, 1.807) is 0 Å². The van der Waals surface area contributed by atoms with Crippen molar-refractivity contribution in [2.24, 2.45) is 5.92 Å². The van der Waals surface area contributed by atoms with E-state index >= 15 is 0 Å². The number of hydrogen-bond donors (Lipinski definition) is 1. The molecule has 1 N–H and O–H groups in total. The summed E-state index contributed by atoms with van der Waals surface area (Å²) in [6.07, 6.45) is 7.79. The van der Waals surface area contributed by atoms with Crippen molar-refractivity contribution in [3.8, 4) is 11.1 Å². The molecule has 0 atom stereocenters. The quantitative estimate of drug-likeness (QED) is 0.666. The Morgan fingerprint density at radius 2 is 1.96 bits per heavy atom. The molecule has 0 spiro atoms. The zero-order valence-corrected chi connectivity index (χ0v) is 16.9.